The van der Waals surface area contributed by atoms with E-state index >= 15 is 0 Å². The highest BCUT2D eigenvalue weighted by molar-refractivity contribution is 9.10. The molecule has 0 unspecified atom stereocenters. The maximum Gasteiger partial charge on any atom is 0.129 e. The number of para-hydroxylation sites is 1. The lowest BCUT2D eigenvalue weighted by molar-refractivity contribution is 0.302. The van der Waals surface area contributed by atoms with E-state index < -0.39 is 0 Å². The van der Waals surface area contributed by atoms with E-state index in [2.05, 4.69) is 64.5 Å². The lowest BCUT2D eigenvalue weighted by atomic mass is 9.91. The quantitative estimate of drug-likeness (QED) is 0.386. The van der Waals surface area contributed by atoms with Gasteiger partial charge in [0.2, 0.25) is 0 Å². The second-order valence-corrected chi connectivity index (χ2v) is 7.04. The molecule has 0 N–H and O–H groups in total. The summed E-state index contributed by atoms with van der Waals surface area (Å²) in [4.78, 5) is 4.98. The summed E-state index contributed by atoms with van der Waals surface area (Å²) in [5.41, 5.74) is 6.62. The second-order valence-electron chi connectivity index (χ2n) is 6.13. The molecule has 3 aromatic carbocycles. The van der Waals surface area contributed by atoms with Crippen molar-refractivity contribution in [3.63, 3.8) is 0 Å². The number of nitrogens with zero attached hydrogens (tertiary/aromatic N) is 1. The van der Waals surface area contributed by atoms with Crippen molar-refractivity contribution in [1.82, 2.24) is 4.98 Å². The largest absolute Gasteiger partial charge is 0.488 e. The lowest BCUT2D eigenvalue weighted by Gasteiger charge is -2.24. The van der Waals surface area contributed by atoms with Gasteiger partial charge in [-0.15, -0.1) is 0 Å². The van der Waals surface area contributed by atoms with Gasteiger partial charge >= 0.3 is 0 Å². The van der Waals surface area contributed by atoms with Crippen molar-refractivity contribution in [2.24, 2.45) is 0 Å². The Kier molecular flexibility index (Phi) is 3.35. The molecule has 0 aliphatic carbocycles. The summed E-state index contributed by atoms with van der Waals surface area (Å²) in [5, 5.41) is 1.16. The number of halogens is 1. The Bertz CT molecular complexity index is 1110. The van der Waals surface area contributed by atoms with Gasteiger partial charge in [0.05, 0.1) is 11.2 Å². The third kappa shape index (κ3) is 2.35. The van der Waals surface area contributed by atoms with E-state index in [1.165, 1.54) is 11.1 Å². The van der Waals surface area contributed by atoms with E-state index in [-0.39, 0.29) is 0 Å². The van der Waals surface area contributed by atoms with E-state index in [9.17, 15) is 0 Å². The van der Waals surface area contributed by atoms with Crippen LogP contribution < -0.4 is 4.74 Å². The normalized spacial score (nSPS) is 12.4. The predicted octanol–water partition coefficient (Wildman–Crippen LogP) is 6.22. The first-order valence-electron chi connectivity index (χ1n) is 8.21. The van der Waals surface area contributed by atoms with Crippen LogP contribution in [0.4, 0.5) is 0 Å². The summed E-state index contributed by atoms with van der Waals surface area (Å²) in [6.45, 7) is 0.534. The molecule has 3 heteroatoms. The van der Waals surface area contributed by atoms with Crippen molar-refractivity contribution in [3.8, 4) is 28.1 Å². The van der Waals surface area contributed by atoms with Gasteiger partial charge in [0.1, 0.15) is 12.4 Å². The van der Waals surface area contributed by atoms with E-state index in [0.717, 1.165) is 37.9 Å². The van der Waals surface area contributed by atoms with Crippen molar-refractivity contribution in [1.29, 1.82) is 0 Å². The smallest absolute Gasteiger partial charge is 0.129 e. The van der Waals surface area contributed by atoms with Crippen molar-refractivity contribution < 1.29 is 4.74 Å². The minimum absolute atomic E-state index is 0.534. The zero-order chi connectivity index (χ0) is 16.8. The topological polar surface area (TPSA) is 22.1 Å². The molecule has 120 valence electrons. The van der Waals surface area contributed by atoms with Crippen LogP contribution in [0.1, 0.15) is 5.56 Å². The molecule has 0 spiro atoms. The molecule has 0 atom stereocenters. The Hall–Kier alpha value is -2.65. The molecule has 0 radical (unpaired) electrons. The Morgan fingerprint density at radius 2 is 1.68 bits per heavy atom. The van der Waals surface area contributed by atoms with Gasteiger partial charge in [-0.2, -0.15) is 0 Å². The maximum absolute atomic E-state index is 6.06. The van der Waals surface area contributed by atoms with Gasteiger partial charge in [-0.1, -0.05) is 64.5 Å². The van der Waals surface area contributed by atoms with Crippen LogP contribution in [0.2, 0.25) is 0 Å². The van der Waals surface area contributed by atoms with Crippen molar-refractivity contribution in [2.75, 3.05) is 0 Å². The van der Waals surface area contributed by atoms with Gasteiger partial charge in [0, 0.05) is 21.0 Å². The number of benzene rings is 3. The molecule has 0 bridgehead atoms. The van der Waals surface area contributed by atoms with Crippen LogP contribution in [-0.4, -0.2) is 4.98 Å². The monoisotopic (exact) mass is 387 g/mol. The number of fused-ring (bicyclic) bond motifs is 4. The summed E-state index contributed by atoms with van der Waals surface area (Å²) < 4.78 is 7.08. The summed E-state index contributed by atoms with van der Waals surface area (Å²) in [7, 11) is 0. The molecular formula is C22H14BrNO. The fourth-order valence-electron chi connectivity index (χ4n) is 3.51. The zero-order valence-corrected chi connectivity index (χ0v) is 15.0. The van der Waals surface area contributed by atoms with Gasteiger partial charge in [-0.05, 0) is 35.4 Å². The number of hydrogen-bond acceptors (Lipinski definition) is 2. The number of rotatable bonds is 1. The summed E-state index contributed by atoms with van der Waals surface area (Å²) >= 11 is 3.57. The molecule has 4 aromatic rings. The molecule has 1 aliphatic rings. The molecule has 0 amide bonds. The molecule has 1 aliphatic heterocycles. The number of hydrogen-bond donors (Lipinski definition) is 0. The first-order valence-corrected chi connectivity index (χ1v) is 9.00. The average molecular weight is 388 g/mol. The molecule has 0 saturated heterocycles. The van der Waals surface area contributed by atoms with Crippen LogP contribution in [0.25, 0.3) is 33.3 Å². The average Bonchev–Trinajstić information content (AvgIpc) is 2.67. The lowest BCUT2D eigenvalue weighted by Crippen LogP contribution is -2.09. The van der Waals surface area contributed by atoms with Crippen LogP contribution in [0.3, 0.4) is 0 Å². The Balaban J connectivity index is 1.91. The molecule has 0 fully saturated rings. The molecule has 5 rings (SSSR count). The number of pyridine rings is 1. The standard InChI is InChI=1S/C22H14BrNO/c23-15-10-11-20-17(12-15)22-18(13-25-20)21(14-6-2-1-3-7-14)16-8-4-5-9-19(16)24-22/h1-12H,13H2. The van der Waals surface area contributed by atoms with E-state index in [0.29, 0.717) is 6.61 Å². The third-order valence-electron chi connectivity index (χ3n) is 4.62. The van der Waals surface area contributed by atoms with Crippen LogP contribution in [0.5, 0.6) is 5.75 Å². The highest BCUT2D eigenvalue weighted by Gasteiger charge is 2.24. The SMILES string of the molecule is Brc1ccc2c(c1)-c1nc3ccccc3c(-c3ccccc3)c1CO2. The van der Waals surface area contributed by atoms with Gasteiger partial charge in [0.25, 0.3) is 0 Å². The minimum atomic E-state index is 0.534. The van der Waals surface area contributed by atoms with E-state index in [1.807, 2.05) is 24.3 Å². The van der Waals surface area contributed by atoms with Crippen molar-refractivity contribution in [2.45, 2.75) is 6.61 Å². The Labute approximate surface area is 154 Å². The highest BCUT2D eigenvalue weighted by atomic mass is 79.9. The second kappa shape index (κ2) is 5.71. The molecule has 0 saturated carbocycles. The molecule has 25 heavy (non-hydrogen) atoms. The fourth-order valence-corrected chi connectivity index (χ4v) is 3.87. The predicted molar refractivity (Wildman–Crippen MR) is 105 cm³/mol. The summed E-state index contributed by atoms with van der Waals surface area (Å²) in [6, 6.07) is 24.9. The first-order chi connectivity index (χ1) is 12.3. The third-order valence-corrected chi connectivity index (χ3v) is 5.12. The molecule has 1 aromatic heterocycles. The minimum Gasteiger partial charge on any atom is -0.488 e. The molecular weight excluding hydrogens is 374 g/mol. The fraction of sp³-hybridized carbons (Fsp3) is 0.0455. The van der Waals surface area contributed by atoms with Gasteiger partial charge < -0.3 is 4.74 Å². The first kappa shape index (κ1) is 14.7. The van der Waals surface area contributed by atoms with Crippen LogP contribution in [-0.2, 0) is 6.61 Å². The van der Waals surface area contributed by atoms with Crippen LogP contribution in [0.15, 0.2) is 77.3 Å². The number of aromatic nitrogens is 1. The molecule has 2 heterocycles. The van der Waals surface area contributed by atoms with Gasteiger partial charge in [-0.3, -0.25) is 0 Å². The highest BCUT2D eigenvalue weighted by Crippen LogP contribution is 2.44. The van der Waals surface area contributed by atoms with Crippen LogP contribution in [0, 0.1) is 0 Å². The van der Waals surface area contributed by atoms with Crippen molar-refractivity contribution in [3.05, 3.63) is 82.8 Å². The molecule has 2 nitrogen and oxygen atoms in total. The maximum atomic E-state index is 6.06. The van der Waals surface area contributed by atoms with Crippen molar-refractivity contribution >= 4 is 26.8 Å². The van der Waals surface area contributed by atoms with Gasteiger partial charge in [-0.25, -0.2) is 4.98 Å². The van der Waals surface area contributed by atoms with E-state index in [1.54, 1.807) is 0 Å². The summed E-state index contributed by atoms with van der Waals surface area (Å²) in [6.07, 6.45) is 0. The zero-order valence-electron chi connectivity index (χ0n) is 13.4. The van der Waals surface area contributed by atoms with E-state index in [4.69, 9.17) is 9.72 Å². The van der Waals surface area contributed by atoms with Gasteiger partial charge in [0.15, 0.2) is 0 Å². The van der Waals surface area contributed by atoms with Crippen LogP contribution >= 0.6 is 15.9 Å². The summed E-state index contributed by atoms with van der Waals surface area (Å²) in [5.74, 6) is 0.887. The Morgan fingerprint density at radius 1 is 0.880 bits per heavy atom. The Morgan fingerprint density at radius 3 is 2.56 bits per heavy atom. The number of ether oxygens (including phenoxy) is 1.